The molecule has 1 heterocycles. The van der Waals surface area contributed by atoms with Crippen molar-refractivity contribution in [2.45, 2.75) is 6.92 Å². The van der Waals surface area contributed by atoms with E-state index in [1.807, 2.05) is 25.1 Å². The number of anilines is 2. The number of fused-ring (bicyclic) bond motifs is 1. The third-order valence-corrected chi connectivity index (χ3v) is 5.66. The van der Waals surface area contributed by atoms with E-state index in [0.29, 0.717) is 27.3 Å². The van der Waals surface area contributed by atoms with E-state index in [-0.39, 0.29) is 5.69 Å². The van der Waals surface area contributed by atoms with Crippen LogP contribution in [0.1, 0.15) is 16.1 Å². The van der Waals surface area contributed by atoms with Gasteiger partial charge in [0.25, 0.3) is 5.91 Å². The maximum atomic E-state index is 13.0. The maximum Gasteiger partial charge on any atom is 0.328 e. The molecule has 4 aromatic rings. The molecule has 33 heavy (non-hydrogen) atoms. The number of aromatic nitrogens is 1. The van der Waals surface area contributed by atoms with Crippen molar-refractivity contribution in [3.8, 4) is 0 Å². The Morgan fingerprint density at radius 3 is 2.33 bits per heavy atom. The van der Waals surface area contributed by atoms with Crippen LogP contribution in [0.15, 0.2) is 77.3 Å². The molecule has 3 aromatic carbocycles. The van der Waals surface area contributed by atoms with Gasteiger partial charge in [-0.3, -0.25) is 19.8 Å². The lowest BCUT2D eigenvalue weighted by Crippen LogP contribution is -2.36. The molecule has 3 amide bonds. The van der Waals surface area contributed by atoms with Crippen molar-refractivity contribution in [3.05, 3.63) is 93.5 Å². The molecule has 0 radical (unpaired) electrons. The quantitative estimate of drug-likeness (QED) is 0.315. The summed E-state index contributed by atoms with van der Waals surface area (Å²) in [6.07, 6.45) is 0. The SMILES string of the molecule is Cc1ccccc1NC(=O)C(=O)Nn1c(C(=O)Nc2ccc(Cl)cc2)cc2cc(Br)ccc21. The van der Waals surface area contributed by atoms with Crippen LogP contribution in [-0.2, 0) is 9.59 Å². The second-order valence-corrected chi connectivity index (χ2v) is 8.59. The lowest BCUT2D eigenvalue weighted by atomic mass is 10.2. The van der Waals surface area contributed by atoms with Crippen LogP contribution in [0, 0.1) is 6.92 Å². The van der Waals surface area contributed by atoms with Gasteiger partial charge >= 0.3 is 11.8 Å². The summed E-state index contributed by atoms with van der Waals surface area (Å²) in [5, 5.41) is 6.60. The minimum absolute atomic E-state index is 0.148. The first-order valence-electron chi connectivity index (χ1n) is 9.88. The van der Waals surface area contributed by atoms with Gasteiger partial charge in [0, 0.05) is 26.3 Å². The van der Waals surface area contributed by atoms with Crippen LogP contribution in [0.25, 0.3) is 10.9 Å². The van der Waals surface area contributed by atoms with Crippen molar-refractivity contribution >= 4 is 67.5 Å². The molecule has 0 unspecified atom stereocenters. The van der Waals surface area contributed by atoms with Crippen LogP contribution in [0.5, 0.6) is 0 Å². The minimum atomic E-state index is -0.917. The van der Waals surface area contributed by atoms with E-state index < -0.39 is 17.7 Å². The first-order chi connectivity index (χ1) is 15.8. The maximum absolute atomic E-state index is 13.0. The molecule has 0 bridgehead atoms. The van der Waals surface area contributed by atoms with Gasteiger partial charge in [-0.15, -0.1) is 0 Å². The number of benzene rings is 3. The van der Waals surface area contributed by atoms with Crippen molar-refractivity contribution in [1.29, 1.82) is 0 Å². The van der Waals surface area contributed by atoms with Gasteiger partial charge in [-0.2, -0.15) is 0 Å². The largest absolute Gasteiger partial charge is 0.328 e. The molecule has 9 heteroatoms. The van der Waals surface area contributed by atoms with Crippen LogP contribution >= 0.6 is 27.5 Å². The topological polar surface area (TPSA) is 92.2 Å². The van der Waals surface area contributed by atoms with Gasteiger partial charge < -0.3 is 10.6 Å². The van der Waals surface area contributed by atoms with E-state index in [1.165, 1.54) is 4.68 Å². The van der Waals surface area contributed by atoms with Crippen molar-refractivity contribution in [2.75, 3.05) is 16.1 Å². The Labute approximate surface area is 202 Å². The van der Waals surface area contributed by atoms with E-state index in [4.69, 9.17) is 11.6 Å². The van der Waals surface area contributed by atoms with Crippen LogP contribution < -0.4 is 16.1 Å². The average molecular weight is 526 g/mol. The van der Waals surface area contributed by atoms with Crippen molar-refractivity contribution in [1.82, 2.24) is 4.68 Å². The smallest absolute Gasteiger partial charge is 0.321 e. The van der Waals surface area contributed by atoms with Crippen LogP contribution in [0.3, 0.4) is 0 Å². The molecule has 0 atom stereocenters. The predicted molar refractivity (Wildman–Crippen MR) is 133 cm³/mol. The summed E-state index contributed by atoms with van der Waals surface area (Å²) in [6.45, 7) is 1.82. The van der Waals surface area contributed by atoms with E-state index in [1.54, 1.807) is 54.6 Å². The molecule has 0 saturated carbocycles. The van der Waals surface area contributed by atoms with Gasteiger partial charge in [0.2, 0.25) is 0 Å². The molecule has 0 aliphatic carbocycles. The third-order valence-electron chi connectivity index (χ3n) is 4.91. The molecule has 0 fully saturated rings. The summed E-state index contributed by atoms with van der Waals surface area (Å²) in [5.41, 5.74) is 5.12. The monoisotopic (exact) mass is 524 g/mol. The van der Waals surface area contributed by atoms with E-state index in [2.05, 4.69) is 32.0 Å². The van der Waals surface area contributed by atoms with Crippen LogP contribution in [-0.4, -0.2) is 22.4 Å². The first-order valence-corrected chi connectivity index (χ1v) is 11.0. The Hall–Kier alpha value is -3.62. The summed E-state index contributed by atoms with van der Waals surface area (Å²) >= 11 is 9.31. The summed E-state index contributed by atoms with van der Waals surface area (Å²) < 4.78 is 2.10. The van der Waals surface area contributed by atoms with Gasteiger partial charge in [-0.25, -0.2) is 4.68 Å². The molecule has 166 valence electrons. The van der Waals surface area contributed by atoms with Crippen LogP contribution in [0.2, 0.25) is 5.02 Å². The van der Waals surface area contributed by atoms with Gasteiger partial charge in [-0.05, 0) is 67.1 Å². The zero-order chi connectivity index (χ0) is 23.5. The fourth-order valence-electron chi connectivity index (χ4n) is 3.25. The van der Waals surface area contributed by atoms with Gasteiger partial charge in [0.15, 0.2) is 0 Å². The molecule has 0 saturated heterocycles. The summed E-state index contributed by atoms with van der Waals surface area (Å²) in [5.74, 6) is -2.24. The van der Waals surface area contributed by atoms with Gasteiger partial charge in [0.05, 0.1) is 5.52 Å². The zero-order valence-corrected chi connectivity index (χ0v) is 19.7. The van der Waals surface area contributed by atoms with E-state index in [9.17, 15) is 14.4 Å². The number of halogens is 2. The Morgan fingerprint density at radius 1 is 0.879 bits per heavy atom. The highest BCUT2D eigenvalue weighted by Crippen LogP contribution is 2.24. The van der Waals surface area contributed by atoms with Gasteiger partial charge in [0.1, 0.15) is 5.69 Å². The second-order valence-electron chi connectivity index (χ2n) is 7.24. The molecule has 0 aliphatic rings. The number of hydrogen-bond acceptors (Lipinski definition) is 3. The number of nitrogens with zero attached hydrogens (tertiary/aromatic N) is 1. The number of hydrogen-bond donors (Lipinski definition) is 3. The van der Waals surface area contributed by atoms with Crippen LogP contribution in [0.4, 0.5) is 11.4 Å². The highest BCUT2D eigenvalue weighted by atomic mass is 79.9. The standard InChI is InChI=1S/C24H18BrClN4O3/c1-14-4-2-3-5-19(14)28-23(32)24(33)29-30-20-11-6-16(25)12-15(20)13-21(30)22(31)27-18-9-7-17(26)8-10-18/h2-13H,1H3,(H,27,31)(H,28,32)(H,29,33). The Kier molecular flexibility index (Phi) is 6.48. The van der Waals surface area contributed by atoms with Crippen molar-refractivity contribution in [2.24, 2.45) is 0 Å². The van der Waals surface area contributed by atoms with E-state index in [0.717, 1.165) is 10.0 Å². The number of carbonyl (C=O) groups is 3. The van der Waals surface area contributed by atoms with Gasteiger partial charge in [-0.1, -0.05) is 45.7 Å². The molecule has 1 aromatic heterocycles. The number of nitrogens with one attached hydrogen (secondary N) is 3. The normalized spacial score (nSPS) is 10.6. The fraction of sp³-hybridized carbons (Fsp3) is 0.0417. The minimum Gasteiger partial charge on any atom is -0.321 e. The molecule has 3 N–H and O–H groups in total. The zero-order valence-electron chi connectivity index (χ0n) is 17.4. The first kappa shape index (κ1) is 22.6. The Balaban J connectivity index is 1.63. The fourth-order valence-corrected chi connectivity index (χ4v) is 3.75. The average Bonchev–Trinajstić information content (AvgIpc) is 3.14. The number of aryl methyl sites for hydroxylation is 1. The predicted octanol–water partition coefficient (Wildman–Crippen LogP) is 5.33. The highest BCUT2D eigenvalue weighted by molar-refractivity contribution is 9.10. The molecular formula is C24H18BrClN4O3. The van der Waals surface area contributed by atoms with E-state index >= 15 is 0 Å². The van der Waals surface area contributed by atoms with Crippen molar-refractivity contribution in [3.63, 3.8) is 0 Å². The molecule has 4 rings (SSSR count). The second kappa shape index (κ2) is 9.48. The molecule has 0 spiro atoms. The molecule has 7 nitrogen and oxygen atoms in total. The third kappa shape index (κ3) is 5.08. The number of para-hydroxylation sites is 1. The lowest BCUT2D eigenvalue weighted by Gasteiger charge is -2.13. The summed E-state index contributed by atoms with van der Waals surface area (Å²) in [4.78, 5) is 38.3. The molecular weight excluding hydrogens is 508 g/mol. The number of amides is 3. The van der Waals surface area contributed by atoms with Crippen molar-refractivity contribution < 1.29 is 14.4 Å². The summed E-state index contributed by atoms with van der Waals surface area (Å²) in [6, 6.07) is 20.7. The lowest BCUT2D eigenvalue weighted by molar-refractivity contribution is -0.133. The Morgan fingerprint density at radius 2 is 1.61 bits per heavy atom. The highest BCUT2D eigenvalue weighted by Gasteiger charge is 2.21. The number of rotatable bonds is 4. The number of carbonyl (C=O) groups excluding carboxylic acids is 3. The Bertz CT molecular complexity index is 1380. The molecule has 0 aliphatic heterocycles. The summed E-state index contributed by atoms with van der Waals surface area (Å²) in [7, 11) is 0.